The number of aliphatic hydroxyl groups excluding tert-OH is 1. The molecule has 0 atom stereocenters. The molecule has 0 aliphatic carbocycles. The van der Waals surface area contributed by atoms with Gasteiger partial charge in [0.25, 0.3) is 0 Å². The van der Waals surface area contributed by atoms with Crippen LogP contribution >= 0.6 is 0 Å². The van der Waals surface area contributed by atoms with Gasteiger partial charge in [-0.05, 0) is 24.5 Å². The van der Waals surface area contributed by atoms with E-state index in [9.17, 15) is 14.7 Å². The molecule has 27 heavy (non-hydrogen) atoms. The van der Waals surface area contributed by atoms with Crippen molar-refractivity contribution in [3.05, 3.63) is 93.8 Å². The van der Waals surface area contributed by atoms with Crippen LogP contribution in [0.25, 0.3) is 0 Å². The molecule has 0 amide bonds. The molecule has 138 valence electrons. The lowest BCUT2D eigenvalue weighted by Gasteiger charge is -2.10. The first-order chi connectivity index (χ1) is 13.1. The fourth-order valence-electron chi connectivity index (χ4n) is 3.27. The summed E-state index contributed by atoms with van der Waals surface area (Å²) in [5.41, 5.74) is 3.63. The SMILES string of the molecule is COC(=O)c1c(CO)[nH]c(C)c1C(=O)c1ccccc1Cc1ccccc1. The van der Waals surface area contributed by atoms with Gasteiger partial charge < -0.3 is 14.8 Å². The van der Waals surface area contributed by atoms with Crippen molar-refractivity contribution in [1.82, 2.24) is 4.98 Å². The van der Waals surface area contributed by atoms with Gasteiger partial charge in [0.15, 0.2) is 5.78 Å². The second kappa shape index (κ2) is 8.01. The first-order valence-corrected chi connectivity index (χ1v) is 8.64. The van der Waals surface area contributed by atoms with Gasteiger partial charge >= 0.3 is 5.97 Å². The van der Waals surface area contributed by atoms with E-state index in [1.807, 2.05) is 42.5 Å². The normalized spacial score (nSPS) is 10.6. The van der Waals surface area contributed by atoms with E-state index >= 15 is 0 Å². The van der Waals surface area contributed by atoms with Gasteiger partial charge in [0, 0.05) is 11.3 Å². The summed E-state index contributed by atoms with van der Waals surface area (Å²) in [7, 11) is 1.25. The Labute approximate surface area is 157 Å². The van der Waals surface area contributed by atoms with Crippen molar-refractivity contribution in [1.29, 1.82) is 0 Å². The largest absolute Gasteiger partial charge is 0.465 e. The summed E-state index contributed by atoms with van der Waals surface area (Å²) in [6.45, 7) is 1.32. The van der Waals surface area contributed by atoms with E-state index in [0.29, 0.717) is 17.7 Å². The summed E-state index contributed by atoms with van der Waals surface area (Å²) in [6.07, 6.45) is 0.604. The monoisotopic (exact) mass is 363 g/mol. The minimum Gasteiger partial charge on any atom is -0.465 e. The number of ketones is 1. The van der Waals surface area contributed by atoms with Gasteiger partial charge in [-0.2, -0.15) is 0 Å². The van der Waals surface area contributed by atoms with E-state index in [4.69, 9.17) is 4.74 Å². The smallest absolute Gasteiger partial charge is 0.340 e. The fraction of sp³-hybridized carbons (Fsp3) is 0.182. The van der Waals surface area contributed by atoms with E-state index in [1.165, 1.54) is 7.11 Å². The Bertz CT molecular complexity index is 973. The van der Waals surface area contributed by atoms with Crippen LogP contribution in [0, 0.1) is 6.92 Å². The molecule has 5 heteroatoms. The number of carbonyl (C=O) groups is 2. The molecule has 0 radical (unpaired) electrons. The number of esters is 1. The number of rotatable bonds is 6. The fourth-order valence-corrected chi connectivity index (χ4v) is 3.27. The lowest BCUT2D eigenvalue weighted by atomic mass is 9.92. The Balaban J connectivity index is 2.08. The van der Waals surface area contributed by atoms with Crippen molar-refractivity contribution >= 4 is 11.8 Å². The number of carbonyl (C=O) groups excluding carboxylic acids is 2. The Morgan fingerprint density at radius 1 is 1.00 bits per heavy atom. The van der Waals surface area contributed by atoms with E-state index in [2.05, 4.69) is 4.98 Å². The molecule has 0 saturated carbocycles. The molecule has 2 N–H and O–H groups in total. The van der Waals surface area contributed by atoms with Crippen LogP contribution in [0.1, 0.15) is 48.8 Å². The van der Waals surface area contributed by atoms with E-state index in [0.717, 1.165) is 11.1 Å². The Morgan fingerprint density at radius 3 is 2.33 bits per heavy atom. The molecule has 0 aliphatic rings. The third-order valence-electron chi connectivity index (χ3n) is 4.54. The summed E-state index contributed by atoms with van der Waals surface area (Å²) in [4.78, 5) is 28.5. The predicted octanol–water partition coefficient (Wildman–Crippen LogP) is 3.42. The highest BCUT2D eigenvalue weighted by atomic mass is 16.5. The van der Waals surface area contributed by atoms with Crippen LogP contribution < -0.4 is 0 Å². The van der Waals surface area contributed by atoms with Crippen molar-refractivity contribution in [3.63, 3.8) is 0 Å². The quantitative estimate of drug-likeness (QED) is 0.519. The third kappa shape index (κ3) is 3.68. The molecule has 3 aromatic rings. The molecule has 0 bridgehead atoms. The number of H-pyrrole nitrogens is 1. The number of aryl methyl sites for hydroxylation is 1. The van der Waals surface area contributed by atoms with Gasteiger partial charge in [0.05, 0.1) is 30.5 Å². The Morgan fingerprint density at radius 2 is 1.67 bits per heavy atom. The molecule has 1 heterocycles. The highest BCUT2D eigenvalue weighted by Gasteiger charge is 2.28. The van der Waals surface area contributed by atoms with Crippen molar-refractivity contribution in [3.8, 4) is 0 Å². The zero-order chi connectivity index (χ0) is 19.4. The maximum Gasteiger partial charge on any atom is 0.340 e. The van der Waals surface area contributed by atoms with Gasteiger partial charge in [0.1, 0.15) is 0 Å². The lowest BCUT2D eigenvalue weighted by Crippen LogP contribution is -2.13. The van der Waals surface area contributed by atoms with E-state index in [1.54, 1.807) is 19.1 Å². The maximum atomic E-state index is 13.3. The van der Waals surface area contributed by atoms with E-state index < -0.39 is 5.97 Å². The number of methoxy groups -OCH3 is 1. The number of ether oxygens (including phenoxy) is 1. The van der Waals surface area contributed by atoms with Crippen LogP contribution in [-0.4, -0.2) is 29.0 Å². The molecule has 3 rings (SSSR count). The van der Waals surface area contributed by atoms with Gasteiger partial charge in [-0.3, -0.25) is 4.79 Å². The predicted molar refractivity (Wildman–Crippen MR) is 102 cm³/mol. The van der Waals surface area contributed by atoms with Crippen molar-refractivity contribution in [2.75, 3.05) is 7.11 Å². The summed E-state index contributed by atoms with van der Waals surface area (Å²) in [5.74, 6) is -0.914. The minimum absolute atomic E-state index is 0.0945. The molecule has 0 spiro atoms. The summed E-state index contributed by atoms with van der Waals surface area (Å²) < 4.78 is 4.82. The number of benzene rings is 2. The number of hydrogen-bond acceptors (Lipinski definition) is 4. The summed E-state index contributed by atoms with van der Waals surface area (Å²) in [5, 5.41) is 9.55. The topological polar surface area (TPSA) is 79.4 Å². The van der Waals surface area contributed by atoms with Gasteiger partial charge in [0.2, 0.25) is 0 Å². The zero-order valence-corrected chi connectivity index (χ0v) is 15.3. The van der Waals surface area contributed by atoms with Crippen molar-refractivity contribution in [2.45, 2.75) is 20.0 Å². The average Bonchev–Trinajstić information content (AvgIpc) is 3.04. The Hall–Kier alpha value is -3.18. The third-order valence-corrected chi connectivity index (χ3v) is 4.54. The molecule has 2 aromatic carbocycles. The van der Waals surface area contributed by atoms with Crippen LogP contribution in [-0.2, 0) is 17.8 Å². The number of nitrogens with one attached hydrogen (secondary N) is 1. The second-order valence-electron chi connectivity index (χ2n) is 6.28. The summed E-state index contributed by atoms with van der Waals surface area (Å²) >= 11 is 0. The molecule has 1 aromatic heterocycles. The van der Waals surface area contributed by atoms with Gasteiger partial charge in [-0.15, -0.1) is 0 Å². The first-order valence-electron chi connectivity index (χ1n) is 8.64. The van der Waals surface area contributed by atoms with Crippen LogP contribution in [0.15, 0.2) is 54.6 Å². The standard InChI is InChI=1S/C22H21NO4/c1-14-19(20(22(26)27-2)18(13-24)23-14)21(25)17-11-7-6-10-16(17)12-15-8-4-3-5-9-15/h3-11,23-24H,12-13H2,1-2H3. The molecule has 0 unspecified atom stereocenters. The van der Waals surface area contributed by atoms with Crippen molar-refractivity contribution < 1.29 is 19.4 Å². The molecule has 0 aliphatic heterocycles. The van der Waals surface area contributed by atoms with Gasteiger partial charge in [-0.25, -0.2) is 4.79 Å². The first kappa shape index (κ1) is 18.6. The van der Waals surface area contributed by atoms with Crippen LogP contribution in [0.5, 0.6) is 0 Å². The highest BCUT2D eigenvalue weighted by Crippen LogP contribution is 2.25. The average molecular weight is 363 g/mol. The number of aromatic amines is 1. The van der Waals surface area contributed by atoms with Crippen LogP contribution in [0.4, 0.5) is 0 Å². The Kier molecular flexibility index (Phi) is 5.52. The van der Waals surface area contributed by atoms with Crippen LogP contribution in [0.3, 0.4) is 0 Å². The highest BCUT2D eigenvalue weighted by molar-refractivity contribution is 6.16. The van der Waals surface area contributed by atoms with Gasteiger partial charge in [-0.1, -0.05) is 54.6 Å². The van der Waals surface area contributed by atoms with E-state index in [-0.39, 0.29) is 29.2 Å². The number of aliphatic hydroxyl groups is 1. The lowest BCUT2D eigenvalue weighted by molar-refractivity contribution is 0.0594. The molecular formula is C22H21NO4. The van der Waals surface area contributed by atoms with Crippen molar-refractivity contribution in [2.24, 2.45) is 0 Å². The molecule has 0 fully saturated rings. The summed E-state index contributed by atoms with van der Waals surface area (Å²) in [6, 6.07) is 17.2. The molecule has 0 saturated heterocycles. The second-order valence-corrected chi connectivity index (χ2v) is 6.28. The maximum absolute atomic E-state index is 13.3. The van der Waals surface area contributed by atoms with Crippen LogP contribution in [0.2, 0.25) is 0 Å². The minimum atomic E-state index is -0.646. The zero-order valence-electron chi connectivity index (χ0n) is 15.3. The molecular weight excluding hydrogens is 342 g/mol. The molecule has 5 nitrogen and oxygen atoms in total. The number of aromatic nitrogens is 1. The number of hydrogen-bond donors (Lipinski definition) is 2.